The van der Waals surface area contributed by atoms with E-state index in [0.29, 0.717) is 49.0 Å². The van der Waals surface area contributed by atoms with E-state index in [4.69, 9.17) is 17.0 Å². The van der Waals surface area contributed by atoms with E-state index >= 15 is 0 Å². The standard InChI is InChI=1S/C27H40ClN5O/c1-18(2)33-13-5-6-23(33)25(20-8-10-21(28)11-9-20)27(34)32-16-14-31(15-17-32)26(29)24-19(3)7-12-22(24)30-4/h8-11,18-19,23,25,29-30H,5-7,12-17H2,1-4H3/t19-,23+,25+/m1/s1. The molecule has 7 heteroatoms. The monoisotopic (exact) mass is 485 g/mol. The number of amidine groups is 1. The van der Waals surface area contributed by atoms with Crippen LogP contribution in [0.3, 0.4) is 0 Å². The third-order valence-corrected chi connectivity index (χ3v) is 8.25. The number of nitrogens with one attached hydrogen (secondary N) is 2. The van der Waals surface area contributed by atoms with Gasteiger partial charge in [-0.3, -0.25) is 15.1 Å². The normalized spacial score (nSPS) is 24.8. The van der Waals surface area contributed by atoms with Gasteiger partial charge in [0.05, 0.1) is 5.92 Å². The summed E-state index contributed by atoms with van der Waals surface area (Å²) >= 11 is 6.17. The van der Waals surface area contributed by atoms with Gasteiger partial charge >= 0.3 is 0 Å². The number of likely N-dealkylation sites (tertiary alicyclic amines) is 1. The minimum Gasteiger partial charge on any atom is -0.391 e. The quantitative estimate of drug-likeness (QED) is 0.465. The van der Waals surface area contributed by atoms with Crippen LogP contribution >= 0.6 is 11.6 Å². The Hall–Kier alpha value is -2.05. The van der Waals surface area contributed by atoms with Crippen molar-refractivity contribution in [2.45, 2.75) is 64.5 Å². The molecule has 2 aliphatic heterocycles. The second-order valence-electron chi connectivity index (χ2n) is 10.3. The molecule has 2 heterocycles. The van der Waals surface area contributed by atoms with Gasteiger partial charge in [-0.1, -0.05) is 30.7 Å². The SMILES string of the molecule is CNC1=C(C(=N)N2CCN(C(=O)[C@@H](c3ccc(Cl)cc3)[C@@H]3CCCN3C(C)C)CC2)[C@H](C)CC1. The first-order valence-electron chi connectivity index (χ1n) is 12.9. The molecule has 2 N–H and O–H groups in total. The van der Waals surface area contributed by atoms with Crippen LogP contribution in [0.4, 0.5) is 0 Å². The van der Waals surface area contributed by atoms with Crippen molar-refractivity contribution < 1.29 is 4.79 Å². The maximum atomic E-state index is 14.0. The van der Waals surface area contributed by atoms with Gasteiger partial charge in [-0.15, -0.1) is 0 Å². The lowest BCUT2D eigenvalue weighted by Gasteiger charge is -2.41. The van der Waals surface area contributed by atoms with Crippen LogP contribution in [0.1, 0.15) is 57.9 Å². The summed E-state index contributed by atoms with van der Waals surface area (Å²) in [7, 11) is 1.96. The predicted octanol–water partition coefficient (Wildman–Crippen LogP) is 4.32. The van der Waals surface area contributed by atoms with E-state index in [0.717, 1.165) is 43.4 Å². The minimum absolute atomic E-state index is 0.179. The number of amides is 1. The Kier molecular flexibility index (Phi) is 7.88. The summed E-state index contributed by atoms with van der Waals surface area (Å²) < 4.78 is 0. The van der Waals surface area contributed by atoms with Crippen molar-refractivity contribution in [1.29, 1.82) is 5.41 Å². The van der Waals surface area contributed by atoms with Crippen molar-refractivity contribution in [3.63, 3.8) is 0 Å². The molecule has 3 atom stereocenters. The second-order valence-corrected chi connectivity index (χ2v) is 10.7. The van der Waals surface area contributed by atoms with Crippen molar-refractivity contribution in [2.24, 2.45) is 5.92 Å². The molecule has 0 aromatic heterocycles. The Morgan fingerprint density at radius 2 is 1.71 bits per heavy atom. The zero-order chi connectivity index (χ0) is 24.4. The van der Waals surface area contributed by atoms with Gasteiger partial charge in [0.25, 0.3) is 0 Å². The molecule has 34 heavy (non-hydrogen) atoms. The zero-order valence-electron chi connectivity index (χ0n) is 21.1. The van der Waals surface area contributed by atoms with Crippen LogP contribution < -0.4 is 5.32 Å². The maximum absolute atomic E-state index is 14.0. The molecule has 0 unspecified atom stereocenters. The lowest BCUT2D eigenvalue weighted by molar-refractivity contribution is -0.135. The third-order valence-electron chi connectivity index (χ3n) is 8.00. The van der Waals surface area contributed by atoms with Gasteiger partial charge in [0.15, 0.2) is 0 Å². The number of piperazine rings is 1. The Morgan fingerprint density at radius 1 is 1.06 bits per heavy atom. The van der Waals surface area contributed by atoms with Gasteiger partial charge in [0, 0.05) is 61.6 Å². The smallest absolute Gasteiger partial charge is 0.231 e. The maximum Gasteiger partial charge on any atom is 0.231 e. The fourth-order valence-corrected chi connectivity index (χ4v) is 6.23. The number of halogens is 1. The average molecular weight is 486 g/mol. The molecular formula is C27H40ClN5O. The van der Waals surface area contributed by atoms with Crippen molar-refractivity contribution in [3.8, 4) is 0 Å². The fourth-order valence-electron chi connectivity index (χ4n) is 6.10. The van der Waals surface area contributed by atoms with Gasteiger partial charge in [-0.05, 0) is 69.7 Å². The molecule has 186 valence electrons. The summed E-state index contributed by atoms with van der Waals surface area (Å²) in [6.07, 6.45) is 4.29. The topological polar surface area (TPSA) is 62.7 Å². The van der Waals surface area contributed by atoms with E-state index in [9.17, 15) is 4.79 Å². The van der Waals surface area contributed by atoms with Gasteiger partial charge in [-0.2, -0.15) is 0 Å². The number of rotatable bonds is 6. The molecule has 4 rings (SSSR count). The highest BCUT2D eigenvalue weighted by molar-refractivity contribution is 6.30. The molecule has 0 radical (unpaired) electrons. The van der Waals surface area contributed by atoms with Gasteiger partial charge in [0.1, 0.15) is 5.84 Å². The summed E-state index contributed by atoms with van der Waals surface area (Å²) in [5.41, 5.74) is 3.42. The molecule has 1 amide bonds. The van der Waals surface area contributed by atoms with Crippen LogP contribution in [-0.4, -0.2) is 78.3 Å². The highest BCUT2D eigenvalue weighted by Gasteiger charge is 2.40. The number of benzene rings is 1. The molecule has 1 aromatic carbocycles. The Bertz CT molecular complexity index is 919. The lowest BCUT2D eigenvalue weighted by Crippen LogP contribution is -2.54. The molecule has 2 saturated heterocycles. The summed E-state index contributed by atoms with van der Waals surface area (Å²) in [4.78, 5) is 20.7. The van der Waals surface area contributed by atoms with Crippen molar-refractivity contribution in [1.82, 2.24) is 20.0 Å². The van der Waals surface area contributed by atoms with E-state index in [1.807, 2.05) is 36.2 Å². The molecule has 1 aliphatic carbocycles. The third kappa shape index (κ3) is 4.99. The first-order chi connectivity index (χ1) is 16.3. The minimum atomic E-state index is -0.179. The van der Waals surface area contributed by atoms with Crippen LogP contribution in [0, 0.1) is 11.3 Å². The summed E-state index contributed by atoms with van der Waals surface area (Å²) in [5.74, 6) is 1.09. The fraction of sp³-hybridized carbons (Fsp3) is 0.630. The first-order valence-corrected chi connectivity index (χ1v) is 13.2. The number of hydrogen-bond acceptors (Lipinski definition) is 4. The first kappa shape index (κ1) is 25.1. The molecule has 6 nitrogen and oxygen atoms in total. The molecule has 0 spiro atoms. The molecule has 1 aromatic rings. The van der Waals surface area contributed by atoms with Crippen molar-refractivity contribution >= 4 is 23.3 Å². The number of carbonyl (C=O) groups excluding carboxylic acids is 1. The van der Waals surface area contributed by atoms with E-state index in [-0.39, 0.29) is 17.9 Å². The van der Waals surface area contributed by atoms with Crippen LogP contribution in [-0.2, 0) is 4.79 Å². The highest BCUT2D eigenvalue weighted by Crippen LogP contribution is 2.35. The molecule has 0 saturated carbocycles. The molecule has 0 bridgehead atoms. The van der Waals surface area contributed by atoms with Crippen molar-refractivity contribution in [3.05, 3.63) is 46.1 Å². The Labute approximate surface area is 209 Å². The van der Waals surface area contributed by atoms with Gasteiger partial charge in [-0.25, -0.2) is 0 Å². The zero-order valence-corrected chi connectivity index (χ0v) is 21.9. The number of allylic oxidation sites excluding steroid dienone is 1. The summed E-state index contributed by atoms with van der Waals surface area (Å²) in [6.45, 7) is 10.5. The van der Waals surface area contributed by atoms with Gasteiger partial charge < -0.3 is 15.1 Å². The lowest BCUT2D eigenvalue weighted by atomic mass is 9.87. The molecule has 3 aliphatic rings. The van der Waals surface area contributed by atoms with Crippen LogP contribution in [0.2, 0.25) is 5.02 Å². The number of carbonyl (C=O) groups is 1. The number of nitrogens with zero attached hydrogens (tertiary/aromatic N) is 3. The number of hydrogen-bond donors (Lipinski definition) is 2. The molecular weight excluding hydrogens is 446 g/mol. The summed E-state index contributed by atoms with van der Waals surface area (Å²) in [6, 6.07) is 8.49. The summed E-state index contributed by atoms with van der Waals surface area (Å²) in [5, 5.41) is 12.9. The largest absolute Gasteiger partial charge is 0.391 e. The highest BCUT2D eigenvalue weighted by atomic mass is 35.5. The van der Waals surface area contributed by atoms with E-state index in [1.165, 1.54) is 5.70 Å². The second kappa shape index (κ2) is 10.7. The van der Waals surface area contributed by atoms with Crippen LogP contribution in [0.5, 0.6) is 0 Å². The van der Waals surface area contributed by atoms with Crippen molar-refractivity contribution in [2.75, 3.05) is 39.8 Å². The van der Waals surface area contributed by atoms with E-state index in [1.54, 1.807) is 0 Å². The Balaban J connectivity index is 1.50. The predicted molar refractivity (Wildman–Crippen MR) is 139 cm³/mol. The average Bonchev–Trinajstić information content (AvgIpc) is 3.47. The van der Waals surface area contributed by atoms with Crippen LogP contribution in [0.15, 0.2) is 35.5 Å². The van der Waals surface area contributed by atoms with E-state index in [2.05, 4.69) is 35.9 Å². The van der Waals surface area contributed by atoms with Crippen LogP contribution in [0.25, 0.3) is 0 Å². The Morgan fingerprint density at radius 3 is 2.32 bits per heavy atom. The molecule has 2 fully saturated rings. The van der Waals surface area contributed by atoms with Gasteiger partial charge in [0.2, 0.25) is 5.91 Å². The van der Waals surface area contributed by atoms with E-state index < -0.39 is 0 Å².